The summed E-state index contributed by atoms with van der Waals surface area (Å²) in [5, 5.41) is 6.20. The summed E-state index contributed by atoms with van der Waals surface area (Å²) in [5.41, 5.74) is 0.737. The molecule has 0 unspecified atom stereocenters. The van der Waals surface area contributed by atoms with E-state index in [4.69, 9.17) is 9.47 Å². The third-order valence-corrected chi connectivity index (χ3v) is 3.30. The van der Waals surface area contributed by atoms with Crippen molar-refractivity contribution in [3.05, 3.63) is 18.2 Å². The van der Waals surface area contributed by atoms with Gasteiger partial charge in [0.15, 0.2) is 11.5 Å². The fourth-order valence-electron chi connectivity index (χ4n) is 2.20. The molecule has 2 N–H and O–H groups in total. The number of fused-ring (bicyclic) bond motifs is 1. The van der Waals surface area contributed by atoms with Crippen LogP contribution in [0.4, 0.5) is 5.69 Å². The van der Waals surface area contributed by atoms with Gasteiger partial charge in [0.25, 0.3) is 0 Å². The van der Waals surface area contributed by atoms with Crippen LogP contribution < -0.4 is 20.1 Å². The van der Waals surface area contributed by atoms with Crippen LogP contribution in [0.15, 0.2) is 18.2 Å². The summed E-state index contributed by atoms with van der Waals surface area (Å²) in [6, 6.07) is 6.09. The molecule has 0 bridgehead atoms. The number of amides is 1. The second-order valence-corrected chi connectivity index (χ2v) is 5.79. The number of anilines is 1. The summed E-state index contributed by atoms with van der Waals surface area (Å²) in [6.07, 6.45) is 2.95. The Morgan fingerprint density at radius 2 is 2.05 bits per heavy atom. The van der Waals surface area contributed by atoms with Gasteiger partial charge in [-0.15, -0.1) is 0 Å². The molecule has 1 amide bonds. The van der Waals surface area contributed by atoms with Gasteiger partial charge in [0.2, 0.25) is 11.7 Å². The second-order valence-electron chi connectivity index (χ2n) is 5.79. The van der Waals surface area contributed by atoms with Crippen molar-refractivity contribution < 1.29 is 14.3 Å². The molecule has 1 aromatic carbocycles. The molecular weight excluding hydrogens is 256 g/mol. The Balaban J connectivity index is 1.54. The van der Waals surface area contributed by atoms with Crippen LogP contribution in [0.2, 0.25) is 0 Å². The first-order valence-electron chi connectivity index (χ1n) is 7.07. The van der Waals surface area contributed by atoms with Gasteiger partial charge in [-0.05, 0) is 25.0 Å². The van der Waals surface area contributed by atoms with E-state index in [1.54, 1.807) is 6.07 Å². The quantitative estimate of drug-likeness (QED) is 0.866. The number of hydrogen-bond donors (Lipinski definition) is 2. The van der Waals surface area contributed by atoms with Crippen LogP contribution in [-0.4, -0.2) is 24.3 Å². The zero-order valence-corrected chi connectivity index (χ0v) is 11.9. The van der Waals surface area contributed by atoms with Gasteiger partial charge < -0.3 is 20.1 Å². The summed E-state index contributed by atoms with van der Waals surface area (Å²) in [4.78, 5) is 11.8. The average molecular weight is 276 g/mol. The Morgan fingerprint density at radius 1 is 1.30 bits per heavy atom. The molecule has 1 aliphatic carbocycles. The number of nitrogens with one attached hydrogen (secondary N) is 2. The van der Waals surface area contributed by atoms with E-state index in [2.05, 4.69) is 10.6 Å². The number of rotatable bonds is 5. The van der Waals surface area contributed by atoms with Gasteiger partial charge in [0.1, 0.15) is 0 Å². The summed E-state index contributed by atoms with van der Waals surface area (Å²) >= 11 is 0. The third-order valence-electron chi connectivity index (χ3n) is 3.30. The maximum Gasteiger partial charge on any atom is 0.246 e. The fraction of sp³-hybridized carbons (Fsp3) is 0.533. The predicted octanol–water partition coefficient (Wildman–Crippen LogP) is 2.27. The lowest BCUT2D eigenvalue weighted by molar-refractivity contribution is -0.116. The first kappa shape index (κ1) is 13.2. The van der Waals surface area contributed by atoms with E-state index < -0.39 is 5.79 Å². The minimum absolute atomic E-state index is 0.0104. The predicted molar refractivity (Wildman–Crippen MR) is 76.0 cm³/mol. The van der Waals surface area contributed by atoms with E-state index >= 15 is 0 Å². The maximum absolute atomic E-state index is 11.8. The van der Waals surface area contributed by atoms with Crippen LogP contribution in [0.25, 0.3) is 0 Å². The second kappa shape index (κ2) is 4.98. The fourth-order valence-corrected chi connectivity index (χ4v) is 2.20. The van der Waals surface area contributed by atoms with Crippen molar-refractivity contribution >= 4 is 11.6 Å². The molecule has 1 aromatic rings. The van der Waals surface area contributed by atoms with Gasteiger partial charge in [-0.2, -0.15) is 0 Å². The first-order chi connectivity index (χ1) is 9.52. The molecule has 20 heavy (non-hydrogen) atoms. The molecule has 5 nitrogen and oxygen atoms in total. The number of carbonyl (C=O) groups is 1. The lowest BCUT2D eigenvalue weighted by Crippen LogP contribution is -2.29. The van der Waals surface area contributed by atoms with E-state index in [9.17, 15) is 4.79 Å². The number of carbonyl (C=O) groups excluding carboxylic acids is 1. The molecule has 108 valence electrons. The zero-order chi connectivity index (χ0) is 14.2. The highest BCUT2D eigenvalue weighted by Gasteiger charge is 2.31. The molecular formula is C15H20N2O3. The molecule has 1 fully saturated rings. The monoisotopic (exact) mass is 276 g/mol. The van der Waals surface area contributed by atoms with Crippen molar-refractivity contribution in [1.29, 1.82) is 0 Å². The van der Waals surface area contributed by atoms with E-state index in [0.29, 0.717) is 24.0 Å². The molecule has 1 heterocycles. The van der Waals surface area contributed by atoms with Crippen LogP contribution in [0.3, 0.4) is 0 Å². The Morgan fingerprint density at radius 3 is 2.80 bits per heavy atom. The van der Waals surface area contributed by atoms with Crippen LogP contribution in [0.1, 0.15) is 33.1 Å². The normalized spacial score (nSPS) is 18.9. The Labute approximate surface area is 118 Å². The van der Waals surface area contributed by atoms with Crippen molar-refractivity contribution in [2.45, 2.75) is 44.9 Å². The number of ether oxygens (including phenoxy) is 2. The van der Waals surface area contributed by atoms with Crippen LogP contribution in [-0.2, 0) is 4.79 Å². The van der Waals surface area contributed by atoms with Crippen molar-refractivity contribution in [2.24, 2.45) is 0 Å². The zero-order valence-electron chi connectivity index (χ0n) is 11.9. The van der Waals surface area contributed by atoms with Crippen LogP contribution in [0, 0.1) is 0 Å². The minimum atomic E-state index is -0.640. The molecule has 0 saturated heterocycles. The lowest BCUT2D eigenvalue weighted by Gasteiger charge is -2.16. The SMILES string of the molecule is CC1(C)Oc2ccc(NC(=O)CCNC3CC3)cc2O1. The standard InChI is InChI=1S/C15H20N2O3/c1-15(2)19-12-6-5-11(9-13(12)20-15)17-14(18)7-8-16-10-3-4-10/h5-6,9-10,16H,3-4,7-8H2,1-2H3,(H,17,18). The van der Waals surface area contributed by atoms with E-state index in [0.717, 1.165) is 12.2 Å². The summed E-state index contributed by atoms with van der Waals surface area (Å²) < 4.78 is 11.3. The van der Waals surface area contributed by atoms with Gasteiger partial charge in [0, 0.05) is 44.6 Å². The van der Waals surface area contributed by atoms with Crippen molar-refractivity contribution in [3.8, 4) is 11.5 Å². The molecule has 2 aliphatic rings. The van der Waals surface area contributed by atoms with Crippen molar-refractivity contribution in [1.82, 2.24) is 5.32 Å². The molecule has 0 aromatic heterocycles. The Kier molecular flexibility index (Phi) is 3.30. The van der Waals surface area contributed by atoms with Crippen molar-refractivity contribution in [3.63, 3.8) is 0 Å². The molecule has 1 saturated carbocycles. The van der Waals surface area contributed by atoms with Crippen LogP contribution in [0.5, 0.6) is 11.5 Å². The molecule has 5 heteroatoms. The highest BCUT2D eigenvalue weighted by Crippen LogP contribution is 2.40. The average Bonchev–Trinajstić information content (AvgIpc) is 3.10. The first-order valence-corrected chi connectivity index (χ1v) is 7.07. The van der Waals surface area contributed by atoms with E-state index in [1.165, 1.54) is 12.8 Å². The number of hydrogen-bond acceptors (Lipinski definition) is 4. The molecule has 1 aliphatic heterocycles. The lowest BCUT2D eigenvalue weighted by atomic mass is 10.2. The molecule has 0 spiro atoms. The third kappa shape index (κ3) is 3.22. The van der Waals surface area contributed by atoms with Gasteiger partial charge in [-0.1, -0.05) is 0 Å². The van der Waals surface area contributed by atoms with E-state index in [-0.39, 0.29) is 5.91 Å². The summed E-state index contributed by atoms with van der Waals surface area (Å²) in [7, 11) is 0. The largest absolute Gasteiger partial charge is 0.449 e. The number of benzene rings is 1. The van der Waals surface area contributed by atoms with Gasteiger partial charge in [-0.25, -0.2) is 0 Å². The van der Waals surface area contributed by atoms with Gasteiger partial charge in [-0.3, -0.25) is 4.79 Å². The Hall–Kier alpha value is -1.75. The highest BCUT2D eigenvalue weighted by molar-refractivity contribution is 5.91. The maximum atomic E-state index is 11.8. The molecule has 0 atom stereocenters. The topological polar surface area (TPSA) is 59.6 Å². The van der Waals surface area contributed by atoms with Crippen molar-refractivity contribution in [2.75, 3.05) is 11.9 Å². The molecule has 3 rings (SSSR count). The van der Waals surface area contributed by atoms with Gasteiger partial charge in [0.05, 0.1) is 0 Å². The minimum Gasteiger partial charge on any atom is -0.449 e. The summed E-state index contributed by atoms with van der Waals surface area (Å²) in [6.45, 7) is 4.44. The van der Waals surface area contributed by atoms with Crippen LogP contribution >= 0.6 is 0 Å². The van der Waals surface area contributed by atoms with E-state index in [1.807, 2.05) is 26.0 Å². The van der Waals surface area contributed by atoms with Gasteiger partial charge >= 0.3 is 0 Å². The highest BCUT2D eigenvalue weighted by atomic mass is 16.7. The molecule has 0 radical (unpaired) electrons. The Bertz CT molecular complexity index is 524. The smallest absolute Gasteiger partial charge is 0.246 e. The summed E-state index contributed by atoms with van der Waals surface area (Å²) in [5.74, 6) is 0.752.